The van der Waals surface area contributed by atoms with Crippen molar-refractivity contribution >= 4 is 6.09 Å². The molecule has 3 rings (SSSR count). The molecule has 2 aromatic rings. The molecule has 2 aromatic carbocycles. The molecule has 0 aliphatic carbocycles. The summed E-state index contributed by atoms with van der Waals surface area (Å²) < 4.78 is 30.9. The summed E-state index contributed by atoms with van der Waals surface area (Å²) in [7, 11) is 1.57. The molecule has 0 aromatic heterocycles. The van der Waals surface area contributed by atoms with E-state index in [9.17, 15) is 9.18 Å². The second kappa shape index (κ2) is 6.27. The maximum atomic E-state index is 14.7. The second-order valence-corrected chi connectivity index (χ2v) is 6.69. The molecule has 0 fully saturated rings. The summed E-state index contributed by atoms with van der Waals surface area (Å²) in [5.41, 5.74) is 6.24. The zero-order valence-electron chi connectivity index (χ0n) is 14.3. The van der Waals surface area contributed by atoms with Crippen LogP contribution in [0.5, 0.6) is 11.5 Å². The lowest BCUT2D eigenvalue weighted by Crippen LogP contribution is -2.37. The summed E-state index contributed by atoms with van der Waals surface area (Å²) in [6.07, 6.45) is -1.57. The Morgan fingerprint density at radius 3 is 2.56 bits per heavy atom. The van der Waals surface area contributed by atoms with Gasteiger partial charge in [0.05, 0.1) is 13.7 Å². The first-order valence-electron chi connectivity index (χ1n) is 7.88. The Morgan fingerprint density at radius 2 is 1.96 bits per heavy atom. The Bertz CT molecular complexity index is 802. The number of carbonyl (C=O) groups excluding carboxylic acids is 1. The Morgan fingerprint density at radius 1 is 1.28 bits per heavy atom. The van der Waals surface area contributed by atoms with Crippen LogP contribution in [0.4, 0.5) is 9.18 Å². The number of nitrogens with two attached hydrogens (primary N) is 1. The molecule has 1 unspecified atom stereocenters. The number of halogens is 1. The fourth-order valence-electron chi connectivity index (χ4n) is 2.99. The van der Waals surface area contributed by atoms with Gasteiger partial charge in [-0.2, -0.15) is 0 Å². The molecular weight excluding hydrogens is 325 g/mol. The topological polar surface area (TPSA) is 70.8 Å². The fourth-order valence-corrected chi connectivity index (χ4v) is 2.99. The molecule has 1 aliphatic rings. The summed E-state index contributed by atoms with van der Waals surface area (Å²) in [5.74, 6) is 0.746. The molecule has 1 heterocycles. The van der Waals surface area contributed by atoms with Crippen molar-refractivity contribution in [2.45, 2.75) is 20.0 Å². The molecule has 6 heteroatoms. The molecule has 5 nitrogen and oxygen atoms in total. The average Bonchev–Trinajstić information content (AvgIpc) is 2.57. The zero-order chi connectivity index (χ0) is 18.2. The number of hydrogen-bond acceptors (Lipinski definition) is 4. The van der Waals surface area contributed by atoms with Crippen LogP contribution in [0.15, 0.2) is 36.4 Å². The zero-order valence-corrected chi connectivity index (χ0v) is 14.3. The number of benzene rings is 2. The third kappa shape index (κ3) is 3.24. The fraction of sp³-hybridized carbons (Fsp3) is 0.316. The SMILES string of the molecule is COc1ccc(-c2cc3c(cc2F)C(OC(N)=O)C(C)(C)CO3)cc1. The van der Waals surface area contributed by atoms with Gasteiger partial charge in [-0.15, -0.1) is 0 Å². The smallest absolute Gasteiger partial charge is 0.405 e. The Kier molecular flexibility index (Phi) is 4.29. The van der Waals surface area contributed by atoms with Crippen LogP contribution in [0.1, 0.15) is 25.5 Å². The van der Waals surface area contributed by atoms with Crippen molar-refractivity contribution in [3.05, 3.63) is 47.8 Å². The van der Waals surface area contributed by atoms with Crippen LogP contribution in [0.2, 0.25) is 0 Å². The molecule has 132 valence electrons. The van der Waals surface area contributed by atoms with Crippen molar-refractivity contribution in [1.29, 1.82) is 0 Å². The average molecular weight is 345 g/mol. The first kappa shape index (κ1) is 17.1. The molecule has 0 bridgehead atoms. The molecule has 1 amide bonds. The number of carbonyl (C=O) groups is 1. The van der Waals surface area contributed by atoms with E-state index in [1.807, 2.05) is 13.8 Å². The quantitative estimate of drug-likeness (QED) is 0.911. The minimum atomic E-state index is -0.898. The van der Waals surface area contributed by atoms with Gasteiger partial charge in [0.2, 0.25) is 0 Å². The number of rotatable bonds is 3. The molecule has 2 N–H and O–H groups in total. The van der Waals surface area contributed by atoms with E-state index in [1.165, 1.54) is 6.07 Å². The van der Waals surface area contributed by atoms with Crippen LogP contribution in [0.25, 0.3) is 11.1 Å². The van der Waals surface area contributed by atoms with E-state index in [0.29, 0.717) is 34.8 Å². The molecule has 0 saturated heterocycles. The largest absolute Gasteiger partial charge is 0.497 e. The molecular formula is C19H20FNO4. The first-order valence-corrected chi connectivity index (χ1v) is 7.88. The summed E-state index contributed by atoms with van der Waals surface area (Å²) in [5, 5.41) is 0. The third-order valence-corrected chi connectivity index (χ3v) is 4.33. The van der Waals surface area contributed by atoms with Crippen LogP contribution < -0.4 is 15.2 Å². The van der Waals surface area contributed by atoms with E-state index >= 15 is 0 Å². The lowest BCUT2D eigenvalue weighted by molar-refractivity contribution is -0.0178. The van der Waals surface area contributed by atoms with Gasteiger partial charge in [0.1, 0.15) is 23.4 Å². The minimum Gasteiger partial charge on any atom is -0.497 e. The lowest BCUT2D eigenvalue weighted by atomic mass is 9.80. The third-order valence-electron chi connectivity index (χ3n) is 4.33. The van der Waals surface area contributed by atoms with Crippen LogP contribution in [0, 0.1) is 11.2 Å². The van der Waals surface area contributed by atoms with Gasteiger partial charge in [-0.05, 0) is 29.8 Å². The number of fused-ring (bicyclic) bond motifs is 1. The van der Waals surface area contributed by atoms with Gasteiger partial charge < -0.3 is 19.9 Å². The maximum Gasteiger partial charge on any atom is 0.405 e. The number of hydrogen-bond donors (Lipinski definition) is 1. The molecule has 1 aliphatic heterocycles. The number of methoxy groups -OCH3 is 1. The van der Waals surface area contributed by atoms with Crippen LogP contribution in [0.3, 0.4) is 0 Å². The highest BCUT2D eigenvalue weighted by atomic mass is 19.1. The second-order valence-electron chi connectivity index (χ2n) is 6.69. The molecule has 0 radical (unpaired) electrons. The van der Waals surface area contributed by atoms with E-state index in [2.05, 4.69) is 0 Å². The number of ether oxygens (including phenoxy) is 3. The highest BCUT2D eigenvalue weighted by molar-refractivity contribution is 5.69. The predicted molar refractivity (Wildman–Crippen MR) is 91.1 cm³/mol. The minimum absolute atomic E-state index is 0.325. The monoisotopic (exact) mass is 345 g/mol. The summed E-state index contributed by atoms with van der Waals surface area (Å²) in [6, 6.07) is 10.0. The normalized spacial score (nSPS) is 18.0. The van der Waals surface area contributed by atoms with Crippen LogP contribution >= 0.6 is 0 Å². The Labute approximate surface area is 145 Å². The molecule has 0 saturated carbocycles. The molecule has 25 heavy (non-hydrogen) atoms. The van der Waals surface area contributed by atoms with E-state index in [-0.39, 0.29) is 0 Å². The van der Waals surface area contributed by atoms with Gasteiger partial charge in [-0.1, -0.05) is 26.0 Å². The van der Waals surface area contributed by atoms with Gasteiger partial charge in [-0.25, -0.2) is 9.18 Å². The standard InChI is InChI=1S/C19H20FNO4/c1-19(2)10-24-16-9-13(11-4-6-12(23-3)7-5-11)15(20)8-14(16)17(19)25-18(21)22/h4-9,17H,10H2,1-3H3,(H2,21,22). The van der Waals surface area contributed by atoms with Crippen molar-refractivity contribution in [3.8, 4) is 22.6 Å². The summed E-state index contributed by atoms with van der Waals surface area (Å²) in [4.78, 5) is 11.3. The van der Waals surface area contributed by atoms with Gasteiger partial charge in [0, 0.05) is 16.5 Å². The number of amides is 1. The highest BCUT2D eigenvalue weighted by Gasteiger charge is 2.41. The van der Waals surface area contributed by atoms with Crippen LogP contribution in [-0.4, -0.2) is 19.8 Å². The first-order chi connectivity index (χ1) is 11.8. The summed E-state index contributed by atoms with van der Waals surface area (Å²) in [6.45, 7) is 4.07. The van der Waals surface area contributed by atoms with Crippen LogP contribution in [-0.2, 0) is 4.74 Å². The van der Waals surface area contributed by atoms with Crippen molar-refractivity contribution in [1.82, 2.24) is 0 Å². The van der Waals surface area contributed by atoms with Crippen molar-refractivity contribution < 1.29 is 23.4 Å². The van der Waals surface area contributed by atoms with Crippen molar-refractivity contribution in [2.75, 3.05) is 13.7 Å². The Hall–Kier alpha value is -2.76. The van der Waals surface area contributed by atoms with Gasteiger partial charge in [-0.3, -0.25) is 0 Å². The van der Waals surface area contributed by atoms with E-state index < -0.39 is 23.4 Å². The lowest BCUT2D eigenvalue weighted by Gasteiger charge is -2.38. The van der Waals surface area contributed by atoms with Gasteiger partial charge >= 0.3 is 6.09 Å². The van der Waals surface area contributed by atoms with E-state index in [4.69, 9.17) is 19.9 Å². The van der Waals surface area contributed by atoms with Gasteiger partial charge in [0.15, 0.2) is 0 Å². The van der Waals surface area contributed by atoms with Crippen molar-refractivity contribution in [2.24, 2.45) is 11.1 Å². The molecule has 0 spiro atoms. The summed E-state index contributed by atoms with van der Waals surface area (Å²) >= 11 is 0. The number of primary amides is 1. The van der Waals surface area contributed by atoms with E-state index in [0.717, 1.165) is 0 Å². The van der Waals surface area contributed by atoms with E-state index in [1.54, 1.807) is 37.4 Å². The Balaban J connectivity index is 2.05. The van der Waals surface area contributed by atoms with Crippen molar-refractivity contribution in [3.63, 3.8) is 0 Å². The van der Waals surface area contributed by atoms with Gasteiger partial charge in [0.25, 0.3) is 0 Å². The maximum absolute atomic E-state index is 14.7. The highest BCUT2D eigenvalue weighted by Crippen LogP contribution is 2.46. The predicted octanol–water partition coefficient (Wildman–Crippen LogP) is 4.06. The molecule has 1 atom stereocenters.